The fourth-order valence-electron chi connectivity index (χ4n) is 2.37. The molecule has 0 saturated heterocycles. The van der Waals surface area contributed by atoms with E-state index < -0.39 is 0 Å². The standard InChI is InChI=1S/C17H23N5O2S/c1-4-22-15(9-8-14(18)23)20-21-17(22)25-10-16(24)19-13-7-5-6-11(2)12(13)3/h5-7H,4,8-10H2,1-3H3,(H2,18,23)(H,19,24). The van der Waals surface area contributed by atoms with Gasteiger partial charge in [-0.3, -0.25) is 9.59 Å². The zero-order valence-electron chi connectivity index (χ0n) is 14.7. The first-order valence-corrected chi connectivity index (χ1v) is 9.10. The maximum absolute atomic E-state index is 12.2. The molecule has 0 unspecified atom stereocenters. The summed E-state index contributed by atoms with van der Waals surface area (Å²) in [5.41, 5.74) is 8.20. The normalized spacial score (nSPS) is 10.7. The van der Waals surface area contributed by atoms with Crippen molar-refractivity contribution in [2.45, 2.75) is 45.3 Å². The van der Waals surface area contributed by atoms with Crippen LogP contribution in [-0.4, -0.2) is 32.3 Å². The summed E-state index contributed by atoms with van der Waals surface area (Å²) < 4.78 is 1.90. The summed E-state index contributed by atoms with van der Waals surface area (Å²) in [7, 11) is 0. The molecule has 7 nitrogen and oxygen atoms in total. The molecule has 0 aliphatic carbocycles. The molecule has 0 spiro atoms. The Kier molecular flexibility index (Phi) is 6.58. The predicted molar refractivity (Wildman–Crippen MR) is 98.5 cm³/mol. The lowest BCUT2D eigenvalue weighted by molar-refractivity contribution is -0.118. The highest BCUT2D eigenvalue weighted by atomic mass is 32.2. The number of aryl methyl sites for hydroxylation is 2. The van der Waals surface area contributed by atoms with Gasteiger partial charge < -0.3 is 15.6 Å². The summed E-state index contributed by atoms with van der Waals surface area (Å²) in [5.74, 6) is 0.482. The van der Waals surface area contributed by atoms with Gasteiger partial charge in [0.15, 0.2) is 5.16 Å². The fraction of sp³-hybridized carbons (Fsp3) is 0.412. The third-order valence-corrected chi connectivity index (χ3v) is 4.88. The third kappa shape index (κ3) is 5.06. The molecule has 2 rings (SSSR count). The number of carbonyl (C=O) groups is 2. The molecule has 0 fully saturated rings. The summed E-state index contributed by atoms with van der Waals surface area (Å²) in [6.07, 6.45) is 0.682. The summed E-state index contributed by atoms with van der Waals surface area (Å²) in [6, 6.07) is 5.82. The second kappa shape index (κ2) is 8.66. The van der Waals surface area contributed by atoms with E-state index in [1.165, 1.54) is 11.8 Å². The molecule has 0 aliphatic rings. The number of amides is 2. The molecule has 0 radical (unpaired) electrons. The number of primary amides is 1. The van der Waals surface area contributed by atoms with Crippen LogP contribution >= 0.6 is 11.8 Å². The van der Waals surface area contributed by atoms with Crippen molar-refractivity contribution in [2.75, 3.05) is 11.1 Å². The molecule has 1 aromatic heterocycles. The van der Waals surface area contributed by atoms with E-state index in [0.29, 0.717) is 23.9 Å². The van der Waals surface area contributed by atoms with Crippen molar-refractivity contribution >= 4 is 29.3 Å². The van der Waals surface area contributed by atoms with Gasteiger partial charge in [0, 0.05) is 25.1 Å². The zero-order valence-corrected chi connectivity index (χ0v) is 15.5. The van der Waals surface area contributed by atoms with Crippen molar-refractivity contribution < 1.29 is 9.59 Å². The lowest BCUT2D eigenvalue weighted by Gasteiger charge is -2.10. The topological polar surface area (TPSA) is 103 Å². The molecule has 0 aliphatic heterocycles. The van der Waals surface area contributed by atoms with Crippen molar-refractivity contribution in [3.05, 3.63) is 35.2 Å². The Morgan fingerprint density at radius 2 is 2.04 bits per heavy atom. The summed E-state index contributed by atoms with van der Waals surface area (Å²) in [6.45, 7) is 6.63. The Morgan fingerprint density at radius 1 is 1.28 bits per heavy atom. The number of anilines is 1. The summed E-state index contributed by atoms with van der Waals surface area (Å²) >= 11 is 1.33. The Hall–Kier alpha value is -2.35. The molecule has 8 heteroatoms. The van der Waals surface area contributed by atoms with Crippen LogP contribution in [0.2, 0.25) is 0 Å². The number of hydrogen-bond acceptors (Lipinski definition) is 5. The molecule has 2 amide bonds. The van der Waals surface area contributed by atoms with Gasteiger partial charge in [0.1, 0.15) is 5.82 Å². The number of nitrogens with two attached hydrogens (primary N) is 1. The molecule has 25 heavy (non-hydrogen) atoms. The van der Waals surface area contributed by atoms with E-state index in [1.54, 1.807) is 0 Å². The lowest BCUT2D eigenvalue weighted by atomic mass is 10.1. The maximum Gasteiger partial charge on any atom is 0.234 e. The Balaban J connectivity index is 1.97. The number of nitrogens with one attached hydrogen (secondary N) is 1. The number of rotatable bonds is 8. The van der Waals surface area contributed by atoms with E-state index in [0.717, 1.165) is 16.8 Å². The van der Waals surface area contributed by atoms with Crippen LogP contribution in [0.25, 0.3) is 0 Å². The monoisotopic (exact) mass is 361 g/mol. The maximum atomic E-state index is 12.2. The van der Waals surface area contributed by atoms with Gasteiger partial charge in [0.2, 0.25) is 11.8 Å². The molecule has 134 valence electrons. The van der Waals surface area contributed by atoms with Crippen molar-refractivity contribution in [3.8, 4) is 0 Å². The highest BCUT2D eigenvalue weighted by Gasteiger charge is 2.14. The Morgan fingerprint density at radius 3 is 2.72 bits per heavy atom. The smallest absolute Gasteiger partial charge is 0.234 e. The van der Waals surface area contributed by atoms with Crippen molar-refractivity contribution in [1.82, 2.24) is 14.8 Å². The fourth-order valence-corrected chi connectivity index (χ4v) is 3.19. The number of benzene rings is 1. The summed E-state index contributed by atoms with van der Waals surface area (Å²) in [5, 5.41) is 11.8. The Bertz CT molecular complexity index is 772. The molecule has 2 aromatic rings. The number of hydrogen-bond donors (Lipinski definition) is 2. The Labute approximate surface area is 151 Å². The van der Waals surface area contributed by atoms with E-state index in [1.807, 2.05) is 43.5 Å². The van der Waals surface area contributed by atoms with Crippen LogP contribution < -0.4 is 11.1 Å². The highest BCUT2D eigenvalue weighted by Crippen LogP contribution is 2.20. The first kappa shape index (κ1) is 19.0. The number of aromatic nitrogens is 3. The van der Waals surface area contributed by atoms with Crippen LogP contribution in [0.3, 0.4) is 0 Å². The van der Waals surface area contributed by atoms with E-state index >= 15 is 0 Å². The first-order chi connectivity index (χ1) is 11.9. The molecule has 0 bridgehead atoms. The zero-order chi connectivity index (χ0) is 18.4. The SMILES string of the molecule is CCn1c(CCC(N)=O)nnc1SCC(=O)Nc1cccc(C)c1C. The quantitative estimate of drug-likeness (QED) is 0.701. The van der Waals surface area contributed by atoms with E-state index in [9.17, 15) is 9.59 Å². The van der Waals surface area contributed by atoms with Crippen molar-refractivity contribution in [1.29, 1.82) is 0 Å². The molecule has 0 saturated carbocycles. The van der Waals surface area contributed by atoms with Gasteiger partial charge in [-0.25, -0.2) is 0 Å². The molecular weight excluding hydrogens is 338 g/mol. The van der Waals surface area contributed by atoms with Gasteiger partial charge in [-0.2, -0.15) is 0 Å². The molecule has 1 aromatic carbocycles. The second-order valence-electron chi connectivity index (χ2n) is 5.69. The number of thioether (sulfide) groups is 1. The largest absolute Gasteiger partial charge is 0.370 e. The third-order valence-electron chi connectivity index (χ3n) is 3.92. The van der Waals surface area contributed by atoms with Gasteiger partial charge in [-0.1, -0.05) is 23.9 Å². The van der Waals surface area contributed by atoms with Crippen LogP contribution in [0, 0.1) is 13.8 Å². The van der Waals surface area contributed by atoms with Crippen LogP contribution in [0.15, 0.2) is 23.4 Å². The van der Waals surface area contributed by atoms with Gasteiger partial charge >= 0.3 is 0 Å². The molecule has 3 N–H and O–H groups in total. The van der Waals surface area contributed by atoms with E-state index in [4.69, 9.17) is 5.73 Å². The van der Waals surface area contributed by atoms with Crippen molar-refractivity contribution in [3.63, 3.8) is 0 Å². The predicted octanol–water partition coefficient (Wildman–Crippen LogP) is 2.06. The van der Waals surface area contributed by atoms with Crippen LogP contribution in [-0.2, 0) is 22.6 Å². The minimum absolute atomic E-state index is 0.0944. The summed E-state index contributed by atoms with van der Waals surface area (Å²) in [4.78, 5) is 23.1. The molecular formula is C17H23N5O2S. The van der Waals surface area contributed by atoms with E-state index in [-0.39, 0.29) is 24.0 Å². The molecule has 0 atom stereocenters. The second-order valence-corrected chi connectivity index (χ2v) is 6.64. The average molecular weight is 361 g/mol. The van der Waals surface area contributed by atoms with Gasteiger partial charge in [0.05, 0.1) is 5.75 Å². The minimum atomic E-state index is -0.368. The number of carbonyl (C=O) groups excluding carboxylic acids is 2. The average Bonchev–Trinajstić information content (AvgIpc) is 2.97. The van der Waals surface area contributed by atoms with Gasteiger partial charge in [-0.15, -0.1) is 10.2 Å². The molecule has 1 heterocycles. The minimum Gasteiger partial charge on any atom is -0.370 e. The lowest BCUT2D eigenvalue weighted by Crippen LogP contribution is -2.16. The highest BCUT2D eigenvalue weighted by molar-refractivity contribution is 7.99. The van der Waals surface area contributed by atoms with Gasteiger partial charge in [0.25, 0.3) is 0 Å². The van der Waals surface area contributed by atoms with Crippen LogP contribution in [0.4, 0.5) is 5.69 Å². The van der Waals surface area contributed by atoms with Crippen LogP contribution in [0.5, 0.6) is 0 Å². The van der Waals surface area contributed by atoms with E-state index in [2.05, 4.69) is 15.5 Å². The first-order valence-electron chi connectivity index (χ1n) is 8.11. The van der Waals surface area contributed by atoms with Crippen molar-refractivity contribution in [2.24, 2.45) is 5.73 Å². The van der Waals surface area contributed by atoms with Crippen LogP contribution in [0.1, 0.15) is 30.3 Å². The van der Waals surface area contributed by atoms with Gasteiger partial charge in [-0.05, 0) is 38.0 Å². The number of nitrogens with zero attached hydrogens (tertiary/aromatic N) is 3.